The van der Waals surface area contributed by atoms with E-state index in [0.717, 1.165) is 27.9 Å². The maximum absolute atomic E-state index is 6.96. The van der Waals surface area contributed by atoms with Crippen molar-refractivity contribution in [2.24, 2.45) is 4.99 Å². The molecule has 2 nitrogen and oxygen atoms in total. The number of aliphatic imine (C=N–C) groups is 1. The highest BCUT2D eigenvalue weighted by Crippen LogP contribution is 2.36. The van der Waals surface area contributed by atoms with E-state index in [9.17, 15) is 0 Å². The van der Waals surface area contributed by atoms with Crippen molar-refractivity contribution in [3.8, 4) is 23.0 Å². The van der Waals surface area contributed by atoms with Crippen LogP contribution in [0.4, 0.5) is 5.69 Å². The molecule has 1 N–H and O–H groups in total. The molecule has 0 saturated carbocycles. The van der Waals surface area contributed by atoms with Crippen LogP contribution in [0.2, 0.25) is 0 Å². The first kappa shape index (κ1) is 19.0. The minimum Gasteiger partial charge on any atom is -0.241 e. The second-order valence-electron chi connectivity index (χ2n) is 8.07. The fourth-order valence-electron chi connectivity index (χ4n) is 4.54. The van der Waals surface area contributed by atoms with Gasteiger partial charge in [-0.2, -0.15) is 4.99 Å². The minimum absolute atomic E-state index is 0.726. The molecule has 0 aliphatic carbocycles. The lowest BCUT2D eigenvalue weighted by molar-refractivity contribution is 1.48. The number of rotatable bonds is 2. The van der Waals surface area contributed by atoms with Crippen molar-refractivity contribution in [2.45, 2.75) is 0 Å². The highest BCUT2D eigenvalue weighted by Gasteiger charge is 2.10. The van der Waals surface area contributed by atoms with Crippen LogP contribution >= 0.6 is 0 Å². The lowest BCUT2D eigenvalue weighted by atomic mass is 9.91. The lowest BCUT2D eigenvalue weighted by Gasteiger charge is -2.12. The summed E-state index contributed by atoms with van der Waals surface area (Å²) in [6, 6.07) is 37.7. The summed E-state index contributed by atoms with van der Waals surface area (Å²) in [6.45, 7) is 0. The normalized spacial score (nSPS) is 10.8. The molecule has 0 unspecified atom stereocenters. The largest absolute Gasteiger partial charge is 0.241 e. The molecule has 0 aliphatic rings. The Labute approximate surface area is 191 Å². The standard InChI is InChI=1S/C31H18N2/c32-20-33-28-17-15-23(16-18-28)22-10-7-21(8-11-22)9-12-26-19-27-5-1-3-24-13-14-25-4-2-6-29(26)31(25)30(24)27/h1-8,10-11,13-19,32H. The minimum atomic E-state index is 0.726. The van der Waals surface area contributed by atoms with Gasteiger partial charge in [0.1, 0.15) is 0 Å². The van der Waals surface area contributed by atoms with E-state index in [1.54, 1.807) is 0 Å². The summed E-state index contributed by atoms with van der Waals surface area (Å²) < 4.78 is 0. The zero-order valence-corrected chi connectivity index (χ0v) is 17.8. The molecule has 2 heteroatoms. The second-order valence-corrected chi connectivity index (χ2v) is 8.07. The molecule has 0 fully saturated rings. The Kier molecular flexibility index (Phi) is 4.48. The fraction of sp³-hybridized carbons (Fsp3) is 0. The van der Waals surface area contributed by atoms with E-state index in [1.165, 1.54) is 32.3 Å². The molecule has 0 aromatic heterocycles. The third-order valence-corrected chi connectivity index (χ3v) is 6.12. The number of nitrogens with one attached hydrogen (secondary N) is 1. The molecule has 0 saturated heterocycles. The van der Waals surface area contributed by atoms with Crippen molar-refractivity contribution < 1.29 is 0 Å². The van der Waals surface area contributed by atoms with Crippen molar-refractivity contribution in [1.29, 1.82) is 5.41 Å². The van der Waals surface area contributed by atoms with E-state index >= 15 is 0 Å². The number of nitrogens with zero attached hydrogens (tertiary/aromatic N) is 1. The van der Waals surface area contributed by atoms with Gasteiger partial charge in [0.05, 0.1) is 11.7 Å². The first-order valence-electron chi connectivity index (χ1n) is 10.8. The van der Waals surface area contributed by atoms with Gasteiger partial charge in [-0.05, 0) is 73.8 Å². The highest BCUT2D eigenvalue weighted by molar-refractivity contribution is 6.24. The average molecular weight is 418 g/mol. The third kappa shape index (κ3) is 3.34. The van der Waals surface area contributed by atoms with Gasteiger partial charge in [-0.3, -0.25) is 0 Å². The van der Waals surface area contributed by atoms with Crippen LogP contribution in [0, 0.1) is 17.3 Å². The molecule has 0 heterocycles. The van der Waals surface area contributed by atoms with Gasteiger partial charge in [-0.15, -0.1) is 0 Å². The van der Waals surface area contributed by atoms with Crippen molar-refractivity contribution >= 4 is 44.0 Å². The molecule has 0 aliphatic heterocycles. The molecular formula is C31H18N2. The molecule has 0 spiro atoms. The van der Waals surface area contributed by atoms with Crippen LogP contribution < -0.4 is 0 Å². The SMILES string of the molecule is N=C=Nc1ccc(-c2ccc(C#Cc3cc4cccc5ccc6cccc3c6c54)cc2)cc1. The van der Waals surface area contributed by atoms with Crippen molar-refractivity contribution in [3.63, 3.8) is 0 Å². The Morgan fingerprint density at radius 2 is 1.21 bits per heavy atom. The van der Waals surface area contributed by atoms with Crippen molar-refractivity contribution in [1.82, 2.24) is 0 Å². The summed E-state index contributed by atoms with van der Waals surface area (Å²) >= 11 is 0. The van der Waals surface area contributed by atoms with E-state index < -0.39 is 0 Å². The van der Waals surface area contributed by atoms with Crippen molar-refractivity contribution in [3.05, 3.63) is 114 Å². The van der Waals surface area contributed by atoms with Crippen LogP contribution in [-0.2, 0) is 0 Å². The molecule has 0 radical (unpaired) electrons. The van der Waals surface area contributed by atoms with Gasteiger partial charge in [-0.25, -0.2) is 5.41 Å². The van der Waals surface area contributed by atoms with E-state index in [4.69, 9.17) is 5.41 Å². The third-order valence-electron chi connectivity index (χ3n) is 6.12. The number of hydrogen-bond donors (Lipinski definition) is 1. The summed E-state index contributed by atoms with van der Waals surface area (Å²) in [5.41, 5.74) is 4.98. The Bertz CT molecular complexity index is 1740. The van der Waals surface area contributed by atoms with Gasteiger partial charge in [0, 0.05) is 11.1 Å². The summed E-state index contributed by atoms with van der Waals surface area (Å²) in [7, 11) is 0. The summed E-state index contributed by atoms with van der Waals surface area (Å²) in [6.07, 6.45) is 0. The predicted octanol–water partition coefficient (Wildman–Crippen LogP) is 8.03. The lowest BCUT2D eigenvalue weighted by Crippen LogP contribution is -1.87. The van der Waals surface area contributed by atoms with Crippen LogP contribution in [-0.4, -0.2) is 6.01 Å². The molecule has 0 amide bonds. The van der Waals surface area contributed by atoms with E-state index in [2.05, 4.69) is 102 Å². The van der Waals surface area contributed by atoms with E-state index in [1.807, 2.05) is 24.3 Å². The monoisotopic (exact) mass is 418 g/mol. The van der Waals surface area contributed by atoms with Crippen LogP contribution in [0.1, 0.15) is 11.1 Å². The quantitative estimate of drug-likeness (QED) is 0.168. The maximum Gasteiger partial charge on any atom is 0.0918 e. The van der Waals surface area contributed by atoms with Crippen LogP contribution in [0.15, 0.2) is 108 Å². The van der Waals surface area contributed by atoms with Crippen LogP contribution in [0.3, 0.4) is 0 Å². The number of hydrogen-bond acceptors (Lipinski definition) is 2. The topological polar surface area (TPSA) is 36.2 Å². The average Bonchev–Trinajstić information content (AvgIpc) is 2.87. The Morgan fingerprint density at radius 3 is 1.94 bits per heavy atom. The Hall–Kier alpha value is -4.70. The van der Waals surface area contributed by atoms with Gasteiger partial charge >= 0.3 is 0 Å². The predicted molar refractivity (Wildman–Crippen MR) is 138 cm³/mol. The number of benzene rings is 6. The van der Waals surface area contributed by atoms with Gasteiger partial charge in [0.2, 0.25) is 0 Å². The molecular weight excluding hydrogens is 400 g/mol. The first-order valence-corrected chi connectivity index (χ1v) is 10.8. The molecule has 0 bridgehead atoms. The molecule has 0 atom stereocenters. The zero-order chi connectivity index (χ0) is 22.2. The Balaban J connectivity index is 1.39. The maximum atomic E-state index is 6.96. The summed E-state index contributed by atoms with van der Waals surface area (Å²) in [4.78, 5) is 3.86. The molecule has 33 heavy (non-hydrogen) atoms. The van der Waals surface area contributed by atoms with E-state index in [-0.39, 0.29) is 0 Å². The molecule has 6 aromatic rings. The fourth-order valence-corrected chi connectivity index (χ4v) is 4.54. The highest BCUT2D eigenvalue weighted by atomic mass is 14.7. The van der Waals surface area contributed by atoms with E-state index in [0.29, 0.717) is 0 Å². The second kappa shape index (κ2) is 7.77. The van der Waals surface area contributed by atoms with Gasteiger partial charge in [0.15, 0.2) is 0 Å². The molecule has 6 aromatic carbocycles. The first-order chi connectivity index (χ1) is 16.3. The van der Waals surface area contributed by atoms with Gasteiger partial charge < -0.3 is 0 Å². The van der Waals surface area contributed by atoms with Gasteiger partial charge in [0.25, 0.3) is 0 Å². The molecule has 152 valence electrons. The smallest absolute Gasteiger partial charge is 0.0918 e. The zero-order valence-electron chi connectivity index (χ0n) is 17.8. The summed E-state index contributed by atoms with van der Waals surface area (Å²) in [5.74, 6) is 6.80. The van der Waals surface area contributed by atoms with Gasteiger partial charge in [-0.1, -0.05) is 84.6 Å². The molecule has 6 rings (SSSR count). The van der Waals surface area contributed by atoms with Crippen LogP contribution in [0.5, 0.6) is 0 Å². The van der Waals surface area contributed by atoms with Crippen LogP contribution in [0.25, 0.3) is 43.4 Å². The Morgan fingerprint density at radius 1 is 0.576 bits per heavy atom. The van der Waals surface area contributed by atoms with Crippen molar-refractivity contribution in [2.75, 3.05) is 0 Å². The summed E-state index contributed by atoms with van der Waals surface area (Å²) in [5, 5.41) is 14.5.